The minimum Gasteiger partial charge on any atom is -0.495 e. The zero-order chi connectivity index (χ0) is 10.8. The van der Waals surface area contributed by atoms with E-state index in [4.69, 9.17) is 16.3 Å². The molecular formula is C10H8BrClN2O. The molecule has 0 fully saturated rings. The molecule has 0 spiro atoms. The van der Waals surface area contributed by atoms with Crippen LogP contribution < -0.4 is 4.74 Å². The highest BCUT2D eigenvalue weighted by atomic mass is 79.9. The van der Waals surface area contributed by atoms with Crippen LogP contribution in [-0.2, 0) is 0 Å². The molecule has 0 radical (unpaired) electrons. The predicted molar refractivity (Wildman–Crippen MR) is 63.3 cm³/mol. The highest BCUT2D eigenvalue weighted by Gasteiger charge is 2.05. The maximum atomic E-state index is 6.02. The number of ether oxygens (including phenoxy) is 1. The first-order chi connectivity index (χ1) is 7.20. The van der Waals surface area contributed by atoms with E-state index in [0.29, 0.717) is 15.5 Å². The van der Waals surface area contributed by atoms with Crippen LogP contribution in [0.2, 0.25) is 5.02 Å². The van der Waals surface area contributed by atoms with E-state index >= 15 is 0 Å². The second-order valence-corrected chi connectivity index (χ2v) is 4.10. The lowest BCUT2D eigenvalue weighted by atomic mass is 10.1. The molecule has 1 aromatic heterocycles. The van der Waals surface area contributed by atoms with Crippen molar-refractivity contribution in [1.29, 1.82) is 0 Å². The third-order valence-electron chi connectivity index (χ3n) is 2.01. The number of rotatable bonds is 2. The van der Waals surface area contributed by atoms with Crippen molar-refractivity contribution in [3.63, 3.8) is 0 Å². The van der Waals surface area contributed by atoms with Gasteiger partial charge in [-0.1, -0.05) is 11.6 Å². The number of hydrogen-bond donors (Lipinski definition) is 1. The highest BCUT2D eigenvalue weighted by Crippen LogP contribution is 2.29. The number of H-pyrrole nitrogens is 1. The summed E-state index contributed by atoms with van der Waals surface area (Å²) in [6.45, 7) is 0. The summed E-state index contributed by atoms with van der Waals surface area (Å²) in [5, 5.41) is 0.584. The lowest BCUT2D eigenvalue weighted by molar-refractivity contribution is 0.415. The molecule has 0 aliphatic rings. The summed E-state index contributed by atoms with van der Waals surface area (Å²) in [7, 11) is 1.59. The van der Waals surface area contributed by atoms with Crippen LogP contribution in [0.25, 0.3) is 11.3 Å². The fourth-order valence-electron chi connectivity index (χ4n) is 1.28. The lowest BCUT2D eigenvalue weighted by Gasteiger charge is -2.04. The van der Waals surface area contributed by atoms with E-state index in [-0.39, 0.29) is 0 Å². The van der Waals surface area contributed by atoms with Crippen molar-refractivity contribution in [2.75, 3.05) is 7.11 Å². The van der Waals surface area contributed by atoms with Gasteiger partial charge >= 0.3 is 0 Å². The molecule has 0 saturated heterocycles. The molecule has 2 aromatic rings. The van der Waals surface area contributed by atoms with Gasteiger partial charge in [0.1, 0.15) is 5.75 Å². The zero-order valence-electron chi connectivity index (χ0n) is 7.92. The molecule has 0 atom stereocenters. The largest absolute Gasteiger partial charge is 0.495 e. The second-order valence-electron chi connectivity index (χ2n) is 2.94. The van der Waals surface area contributed by atoms with Gasteiger partial charge in [-0.2, -0.15) is 0 Å². The Morgan fingerprint density at radius 1 is 1.47 bits per heavy atom. The maximum Gasteiger partial charge on any atom is 0.174 e. The molecule has 0 amide bonds. The zero-order valence-corrected chi connectivity index (χ0v) is 10.3. The minimum atomic E-state index is 0.584. The Morgan fingerprint density at radius 2 is 2.27 bits per heavy atom. The van der Waals surface area contributed by atoms with Crippen LogP contribution in [0.5, 0.6) is 5.75 Å². The number of benzene rings is 1. The van der Waals surface area contributed by atoms with Crippen molar-refractivity contribution in [3.8, 4) is 17.0 Å². The molecule has 1 N–H and O–H groups in total. The predicted octanol–water partition coefficient (Wildman–Crippen LogP) is 3.50. The van der Waals surface area contributed by atoms with Crippen molar-refractivity contribution in [2.45, 2.75) is 0 Å². The van der Waals surface area contributed by atoms with Gasteiger partial charge in [-0.3, -0.25) is 0 Å². The van der Waals surface area contributed by atoms with Crippen molar-refractivity contribution >= 4 is 27.5 Å². The summed E-state index contributed by atoms with van der Waals surface area (Å²) < 4.78 is 5.77. The van der Waals surface area contributed by atoms with E-state index in [1.54, 1.807) is 13.3 Å². The van der Waals surface area contributed by atoms with Gasteiger partial charge in [-0.25, -0.2) is 4.98 Å². The molecule has 0 bridgehead atoms. The summed E-state index contributed by atoms with van der Waals surface area (Å²) in [6, 6.07) is 5.58. The monoisotopic (exact) mass is 286 g/mol. The third kappa shape index (κ3) is 2.16. The fraction of sp³-hybridized carbons (Fsp3) is 0.100. The lowest BCUT2D eigenvalue weighted by Crippen LogP contribution is -1.85. The first-order valence-electron chi connectivity index (χ1n) is 4.25. The Labute approximate surface area is 101 Å². The molecule has 3 nitrogen and oxygen atoms in total. The number of aromatic nitrogens is 2. The molecule has 0 aliphatic heterocycles. The van der Waals surface area contributed by atoms with Crippen molar-refractivity contribution in [1.82, 2.24) is 9.97 Å². The van der Waals surface area contributed by atoms with E-state index in [1.807, 2.05) is 18.2 Å². The Hall–Kier alpha value is -1.00. The van der Waals surface area contributed by atoms with Gasteiger partial charge in [0.15, 0.2) is 4.73 Å². The topological polar surface area (TPSA) is 37.9 Å². The maximum absolute atomic E-state index is 6.02. The second kappa shape index (κ2) is 4.24. The van der Waals surface area contributed by atoms with E-state index in [9.17, 15) is 0 Å². The van der Waals surface area contributed by atoms with Gasteiger partial charge < -0.3 is 9.72 Å². The molecule has 0 aliphatic carbocycles. The third-order valence-corrected chi connectivity index (χ3v) is 2.71. The van der Waals surface area contributed by atoms with E-state index in [0.717, 1.165) is 11.3 Å². The van der Waals surface area contributed by atoms with Gasteiger partial charge in [-0.15, -0.1) is 0 Å². The Balaban J connectivity index is 2.42. The number of methoxy groups -OCH3 is 1. The van der Waals surface area contributed by atoms with E-state index in [2.05, 4.69) is 25.9 Å². The molecule has 78 valence electrons. The first kappa shape index (κ1) is 10.5. The van der Waals surface area contributed by atoms with Gasteiger partial charge in [0.25, 0.3) is 0 Å². The summed E-state index contributed by atoms with van der Waals surface area (Å²) in [5.41, 5.74) is 1.88. The van der Waals surface area contributed by atoms with Crippen molar-refractivity contribution in [3.05, 3.63) is 34.2 Å². The Kier molecular flexibility index (Phi) is 2.98. The van der Waals surface area contributed by atoms with Gasteiger partial charge in [0.05, 0.1) is 24.0 Å². The summed E-state index contributed by atoms with van der Waals surface area (Å²) in [6.07, 6.45) is 1.74. The van der Waals surface area contributed by atoms with Crippen LogP contribution >= 0.6 is 27.5 Å². The standard InChI is InChI=1S/C10H8BrClN2O/c1-15-9-3-2-6(4-7(9)12)8-5-13-10(11)14-8/h2-5H,1H3,(H,13,14). The normalized spacial score (nSPS) is 10.3. The molecule has 15 heavy (non-hydrogen) atoms. The molecule has 1 aromatic carbocycles. The number of nitrogens with one attached hydrogen (secondary N) is 1. The van der Waals surface area contributed by atoms with Crippen LogP contribution in [0.15, 0.2) is 29.1 Å². The van der Waals surface area contributed by atoms with Crippen LogP contribution in [0.1, 0.15) is 0 Å². The van der Waals surface area contributed by atoms with Crippen molar-refractivity contribution in [2.24, 2.45) is 0 Å². The van der Waals surface area contributed by atoms with Gasteiger partial charge in [0.2, 0.25) is 0 Å². The van der Waals surface area contributed by atoms with Crippen LogP contribution in [0.3, 0.4) is 0 Å². The number of aromatic amines is 1. The molecule has 2 rings (SSSR count). The molecule has 0 saturated carbocycles. The molecule has 5 heteroatoms. The van der Waals surface area contributed by atoms with Crippen molar-refractivity contribution < 1.29 is 4.74 Å². The summed E-state index contributed by atoms with van der Waals surface area (Å²) in [4.78, 5) is 7.12. The highest BCUT2D eigenvalue weighted by molar-refractivity contribution is 9.10. The average Bonchev–Trinajstić information content (AvgIpc) is 2.65. The van der Waals surface area contributed by atoms with E-state index in [1.165, 1.54) is 0 Å². The van der Waals surface area contributed by atoms with Crippen LogP contribution in [0, 0.1) is 0 Å². The Morgan fingerprint density at radius 3 is 2.80 bits per heavy atom. The number of imidazole rings is 1. The van der Waals surface area contributed by atoms with Gasteiger partial charge in [-0.05, 0) is 34.1 Å². The SMILES string of the molecule is COc1ccc(-c2cnc(Br)[nH]2)cc1Cl. The fourth-order valence-corrected chi connectivity index (χ4v) is 1.85. The number of hydrogen-bond acceptors (Lipinski definition) is 2. The summed E-state index contributed by atoms with van der Waals surface area (Å²) in [5.74, 6) is 0.666. The quantitative estimate of drug-likeness (QED) is 0.918. The van der Waals surface area contributed by atoms with Crippen LogP contribution in [0.4, 0.5) is 0 Å². The van der Waals surface area contributed by atoms with Crippen LogP contribution in [-0.4, -0.2) is 17.1 Å². The summed E-state index contributed by atoms with van der Waals surface area (Å²) >= 11 is 9.27. The molecule has 0 unspecified atom stereocenters. The molecular weight excluding hydrogens is 279 g/mol. The minimum absolute atomic E-state index is 0.584. The number of nitrogens with zero attached hydrogens (tertiary/aromatic N) is 1. The molecule has 1 heterocycles. The Bertz CT molecular complexity index is 484. The number of halogens is 2. The average molecular weight is 288 g/mol. The van der Waals surface area contributed by atoms with E-state index < -0.39 is 0 Å². The van der Waals surface area contributed by atoms with Gasteiger partial charge in [0, 0.05) is 5.56 Å². The smallest absolute Gasteiger partial charge is 0.174 e. The first-order valence-corrected chi connectivity index (χ1v) is 5.42.